The molecule has 0 unspecified atom stereocenters. The van der Waals surface area contributed by atoms with Crippen molar-refractivity contribution in [1.29, 1.82) is 0 Å². The van der Waals surface area contributed by atoms with Gasteiger partial charge in [-0.25, -0.2) is 4.39 Å². The van der Waals surface area contributed by atoms with E-state index < -0.39 is 23.9 Å². The number of alkyl halides is 3. The lowest BCUT2D eigenvalue weighted by atomic mass is 10.1. The first kappa shape index (κ1) is 17.0. The normalized spacial score (nSPS) is 12.9. The number of nitrogens with one attached hydrogen (secondary N) is 1. The zero-order valence-electron chi connectivity index (χ0n) is 12.3. The Morgan fingerprint density at radius 1 is 1.30 bits per heavy atom. The van der Waals surface area contributed by atoms with E-state index in [1.807, 2.05) is 12.2 Å². The number of amides is 1. The lowest BCUT2D eigenvalue weighted by molar-refractivity contribution is -0.163. The molecular weight excluding hydrogens is 314 g/mol. The van der Waals surface area contributed by atoms with Crippen LogP contribution in [0.3, 0.4) is 0 Å². The van der Waals surface area contributed by atoms with E-state index in [9.17, 15) is 22.4 Å². The van der Waals surface area contributed by atoms with Crippen LogP contribution in [-0.4, -0.2) is 21.9 Å². The van der Waals surface area contributed by atoms with E-state index in [1.165, 1.54) is 4.68 Å². The van der Waals surface area contributed by atoms with Gasteiger partial charge >= 0.3 is 6.18 Å². The molecule has 0 bridgehead atoms. The number of halogens is 4. The minimum atomic E-state index is -4.67. The molecule has 4 nitrogen and oxygen atoms in total. The van der Waals surface area contributed by atoms with Gasteiger partial charge in [0.1, 0.15) is 5.82 Å². The summed E-state index contributed by atoms with van der Waals surface area (Å²) in [6.45, 7) is 1.99. The summed E-state index contributed by atoms with van der Waals surface area (Å²) in [4.78, 5) is 11.8. The lowest BCUT2D eigenvalue weighted by Crippen LogP contribution is -2.38. The quantitative estimate of drug-likeness (QED) is 0.857. The zero-order chi connectivity index (χ0) is 17.0. The minimum absolute atomic E-state index is 0.144. The summed E-state index contributed by atoms with van der Waals surface area (Å²) in [5.41, 5.74) is 0.673. The number of carbonyl (C=O) groups is 1. The van der Waals surface area contributed by atoms with Crippen LogP contribution in [0.5, 0.6) is 0 Å². The molecule has 0 spiro atoms. The van der Waals surface area contributed by atoms with Crippen LogP contribution in [0.25, 0.3) is 0 Å². The molecule has 2 rings (SSSR count). The monoisotopic (exact) mass is 329 g/mol. The Labute approximate surface area is 130 Å². The lowest BCUT2D eigenvalue weighted by Gasteiger charge is -2.22. The van der Waals surface area contributed by atoms with Gasteiger partial charge in [0.15, 0.2) is 6.04 Å². The molecule has 0 saturated carbocycles. The molecule has 124 valence electrons. The zero-order valence-corrected chi connectivity index (χ0v) is 12.3. The number of benzene rings is 1. The SMILES string of the molecule is Cc1cnn(CCC(=O)N[C@@H](c2ccc(F)cc2)C(F)(F)F)c1. The molecule has 0 aliphatic rings. The third-order valence-electron chi connectivity index (χ3n) is 3.17. The van der Waals surface area contributed by atoms with Crippen molar-refractivity contribution < 1.29 is 22.4 Å². The number of aryl methyl sites for hydroxylation is 2. The highest BCUT2D eigenvalue weighted by Crippen LogP contribution is 2.32. The van der Waals surface area contributed by atoms with E-state index in [0.717, 1.165) is 29.8 Å². The molecule has 1 heterocycles. The number of hydrogen-bond donors (Lipinski definition) is 1. The summed E-state index contributed by atoms with van der Waals surface area (Å²) < 4.78 is 53.6. The summed E-state index contributed by atoms with van der Waals surface area (Å²) in [7, 11) is 0. The predicted molar refractivity (Wildman–Crippen MR) is 74.9 cm³/mol. The van der Waals surface area contributed by atoms with Crippen LogP contribution in [0.15, 0.2) is 36.7 Å². The second-order valence-corrected chi connectivity index (χ2v) is 5.12. The van der Waals surface area contributed by atoms with Gasteiger partial charge in [-0.1, -0.05) is 12.1 Å². The number of aromatic nitrogens is 2. The Balaban J connectivity index is 2.02. The van der Waals surface area contributed by atoms with E-state index >= 15 is 0 Å². The molecular formula is C15H15F4N3O. The maximum atomic E-state index is 13.1. The van der Waals surface area contributed by atoms with Crippen molar-refractivity contribution in [3.8, 4) is 0 Å². The first-order valence-corrected chi connectivity index (χ1v) is 6.86. The van der Waals surface area contributed by atoms with Crippen LogP contribution in [0, 0.1) is 12.7 Å². The highest BCUT2D eigenvalue weighted by molar-refractivity contribution is 5.76. The molecule has 1 atom stereocenters. The Bertz CT molecular complexity index is 664. The van der Waals surface area contributed by atoms with Gasteiger partial charge in [0, 0.05) is 19.2 Å². The maximum Gasteiger partial charge on any atom is 0.412 e. The molecule has 0 aliphatic carbocycles. The van der Waals surface area contributed by atoms with E-state index in [1.54, 1.807) is 12.4 Å². The van der Waals surface area contributed by atoms with Crippen LogP contribution in [0.4, 0.5) is 17.6 Å². The van der Waals surface area contributed by atoms with Crippen LogP contribution in [-0.2, 0) is 11.3 Å². The van der Waals surface area contributed by atoms with Gasteiger partial charge in [0.05, 0.1) is 6.20 Å². The van der Waals surface area contributed by atoms with Crippen LogP contribution in [0.1, 0.15) is 23.6 Å². The number of hydrogen-bond acceptors (Lipinski definition) is 2. The highest BCUT2D eigenvalue weighted by atomic mass is 19.4. The van der Waals surface area contributed by atoms with Crippen molar-refractivity contribution in [3.63, 3.8) is 0 Å². The van der Waals surface area contributed by atoms with Crippen molar-refractivity contribution in [3.05, 3.63) is 53.6 Å². The Morgan fingerprint density at radius 3 is 2.48 bits per heavy atom. The van der Waals surface area contributed by atoms with Crippen molar-refractivity contribution in [2.24, 2.45) is 0 Å². The number of carbonyl (C=O) groups excluding carboxylic acids is 1. The molecule has 0 saturated heterocycles. The summed E-state index contributed by atoms with van der Waals surface area (Å²) in [5, 5.41) is 5.90. The third-order valence-corrected chi connectivity index (χ3v) is 3.17. The molecule has 8 heteroatoms. The number of nitrogens with zero attached hydrogens (tertiary/aromatic N) is 2. The van der Waals surface area contributed by atoms with E-state index in [-0.39, 0.29) is 18.5 Å². The molecule has 1 aromatic heterocycles. The molecule has 0 aliphatic heterocycles. The molecule has 1 N–H and O–H groups in total. The van der Waals surface area contributed by atoms with Gasteiger partial charge in [0.25, 0.3) is 0 Å². The second-order valence-electron chi connectivity index (χ2n) is 5.12. The Morgan fingerprint density at radius 2 is 1.96 bits per heavy atom. The van der Waals surface area contributed by atoms with E-state index in [2.05, 4.69) is 5.10 Å². The van der Waals surface area contributed by atoms with Crippen LogP contribution >= 0.6 is 0 Å². The maximum absolute atomic E-state index is 13.1. The summed E-state index contributed by atoms with van der Waals surface area (Å²) >= 11 is 0. The predicted octanol–water partition coefficient (Wildman–Crippen LogP) is 3.14. The fraction of sp³-hybridized carbons (Fsp3) is 0.333. The molecule has 1 aromatic carbocycles. The van der Waals surface area contributed by atoms with Gasteiger partial charge in [-0.15, -0.1) is 0 Å². The van der Waals surface area contributed by atoms with Gasteiger partial charge in [0.2, 0.25) is 5.91 Å². The molecule has 2 aromatic rings. The third kappa shape index (κ3) is 4.80. The average molecular weight is 329 g/mol. The van der Waals surface area contributed by atoms with Crippen molar-refractivity contribution in [1.82, 2.24) is 15.1 Å². The van der Waals surface area contributed by atoms with Gasteiger partial charge in [-0.2, -0.15) is 18.3 Å². The summed E-state index contributed by atoms with van der Waals surface area (Å²) in [6, 6.07) is 1.68. The summed E-state index contributed by atoms with van der Waals surface area (Å²) in [5.74, 6) is -1.40. The van der Waals surface area contributed by atoms with Crippen LogP contribution < -0.4 is 5.32 Å². The molecule has 1 amide bonds. The van der Waals surface area contributed by atoms with Gasteiger partial charge < -0.3 is 5.32 Å². The fourth-order valence-electron chi connectivity index (χ4n) is 2.05. The second kappa shape index (κ2) is 6.80. The van der Waals surface area contributed by atoms with Crippen molar-refractivity contribution in [2.75, 3.05) is 0 Å². The minimum Gasteiger partial charge on any atom is -0.341 e. The smallest absolute Gasteiger partial charge is 0.341 e. The highest BCUT2D eigenvalue weighted by Gasteiger charge is 2.41. The van der Waals surface area contributed by atoms with E-state index in [4.69, 9.17) is 0 Å². The fourth-order valence-corrected chi connectivity index (χ4v) is 2.05. The average Bonchev–Trinajstić information content (AvgIpc) is 2.88. The molecule has 0 fully saturated rings. The van der Waals surface area contributed by atoms with E-state index in [0.29, 0.717) is 0 Å². The Hall–Kier alpha value is -2.38. The van der Waals surface area contributed by atoms with Crippen LogP contribution in [0.2, 0.25) is 0 Å². The number of rotatable bonds is 5. The molecule has 23 heavy (non-hydrogen) atoms. The first-order valence-electron chi connectivity index (χ1n) is 6.86. The topological polar surface area (TPSA) is 46.9 Å². The standard InChI is InChI=1S/C15H15F4N3O/c1-10-8-20-22(9-10)7-6-13(23)21-14(15(17,18)19)11-2-4-12(16)5-3-11/h2-5,8-9,14H,6-7H2,1H3,(H,21,23)/t14-/m0/s1. The summed E-state index contributed by atoms with van der Waals surface area (Å²) in [6.07, 6.45) is -1.53. The first-order chi connectivity index (χ1) is 10.8. The Kier molecular flexibility index (Phi) is 5.02. The van der Waals surface area contributed by atoms with Gasteiger partial charge in [-0.05, 0) is 30.2 Å². The largest absolute Gasteiger partial charge is 0.412 e. The van der Waals surface area contributed by atoms with Crippen molar-refractivity contribution in [2.45, 2.75) is 32.1 Å². The molecule has 0 radical (unpaired) electrons. The van der Waals surface area contributed by atoms with Gasteiger partial charge in [-0.3, -0.25) is 9.48 Å². The van der Waals surface area contributed by atoms with Crippen molar-refractivity contribution >= 4 is 5.91 Å².